The van der Waals surface area contributed by atoms with Gasteiger partial charge in [-0.3, -0.25) is 9.59 Å². The Hall–Kier alpha value is -2.04. The fraction of sp³-hybridized carbons (Fsp3) is 0.556. The standard InChI is InChI=1S/C18H27N3O2/c1-13(2)17(20-14(3)22)18(23)19-11-15-9-10-21(12-15)16-7-5-4-6-8-16/h4-8,13,15,17H,9-12H2,1-3H3,(H,19,23)(H,20,22)/t15-,17-/m1/s1. The first-order chi connectivity index (χ1) is 11.0. The van der Waals surface area contributed by atoms with E-state index in [0.29, 0.717) is 12.5 Å². The molecule has 2 rings (SSSR count). The highest BCUT2D eigenvalue weighted by Gasteiger charge is 2.26. The zero-order valence-corrected chi connectivity index (χ0v) is 14.2. The highest BCUT2D eigenvalue weighted by Crippen LogP contribution is 2.22. The minimum Gasteiger partial charge on any atom is -0.371 e. The summed E-state index contributed by atoms with van der Waals surface area (Å²) in [6.45, 7) is 7.95. The number of hydrogen-bond acceptors (Lipinski definition) is 3. The number of benzene rings is 1. The number of anilines is 1. The smallest absolute Gasteiger partial charge is 0.242 e. The van der Waals surface area contributed by atoms with E-state index < -0.39 is 6.04 Å². The van der Waals surface area contributed by atoms with E-state index in [2.05, 4.69) is 27.7 Å². The van der Waals surface area contributed by atoms with Crippen molar-refractivity contribution in [2.75, 3.05) is 24.5 Å². The number of hydrogen-bond donors (Lipinski definition) is 2. The molecular formula is C18H27N3O2. The summed E-state index contributed by atoms with van der Waals surface area (Å²) in [5.74, 6) is 0.260. The van der Waals surface area contributed by atoms with Crippen LogP contribution in [0.25, 0.3) is 0 Å². The van der Waals surface area contributed by atoms with Crippen molar-refractivity contribution >= 4 is 17.5 Å². The van der Waals surface area contributed by atoms with Gasteiger partial charge in [0.25, 0.3) is 0 Å². The molecule has 0 aromatic heterocycles. The molecule has 126 valence electrons. The molecule has 5 heteroatoms. The van der Waals surface area contributed by atoms with Crippen molar-refractivity contribution in [3.8, 4) is 0 Å². The van der Waals surface area contributed by atoms with Crippen LogP contribution in [-0.4, -0.2) is 37.5 Å². The third-order valence-corrected chi connectivity index (χ3v) is 4.28. The van der Waals surface area contributed by atoms with Gasteiger partial charge in [-0.05, 0) is 30.4 Å². The molecule has 1 heterocycles. The first-order valence-electron chi connectivity index (χ1n) is 8.32. The average Bonchev–Trinajstić information content (AvgIpc) is 2.99. The van der Waals surface area contributed by atoms with Crippen LogP contribution in [0.15, 0.2) is 30.3 Å². The van der Waals surface area contributed by atoms with Crippen molar-refractivity contribution in [2.45, 2.75) is 33.2 Å². The van der Waals surface area contributed by atoms with Crippen LogP contribution in [0, 0.1) is 11.8 Å². The summed E-state index contributed by atoms with van der Waals surface area (Å²) in [4.78, 5) is 25.9. The number of carbonyl (C=O) groups is 2. The SMILES string of the molecule is CC(=O)N[C@@H](C(=O)NC[C@H]1CCN(c2ccccc2)C1)C(C)C. The van der Waals surface area contributed by atoms with Crippen LogP contribution in [0.1, 0.15) is 27.2 Å². The highest BCUT2D eigenvalue weighted by atomic mass is 16.2. The summed E-state index contributed by atoms with van der Waals surface area (Å²) < 4.78 is 0. The zero-order valence-electron chi connectivity index (χ0n) is 14.2. The van der Waals surface area contributed by atoms with E-state index in [4.69, 9.17) is 0 Å². The lowest BCUT2D eigenvalue weighted by molar-refractivity contribution is -0.129. The van der Waals surface area contributed by atoms with Crippen molar-refractivity contribution in [3.05, 3.63) is 30.3 Å². The van der Waals surface area contributed by atoms with E-state index in [1.807, 2.05) is 32.0 Å². The molecule has 1 fully saturated rings. The molecule has 2 N–H and O–H groups in total. The average molecular weight is 317 g/mol. The Bertz CT molecular complexity index is 530. The van der Waals surface area contributed by atoms with Crippen molar-refractivity contribution in [1.82, 2.24) is 10.6 Å². The number of rotatable bonds is 6. The van der Waals surface area contributed by atoms with Crippen LogP contribution in [0.3, 0.4) is 0 Å². The molecule has 23 heavy (non-hydrogen) atoms. The molecule has 0 radical (unpaired) electrons. The van der Waals surface area contributed by atoms with Gasteiger partial charge in [-0.1, -0.05) is 32.0 Å². The Morgan fingerprint density at radius 2 is 1.96 bits per heavy atom. The Kier molecular flexibility index (Phi) is 6.02. The second kappa shape index (κ2) is 7.99. The van der Waals surface area contributed by atoms with Gasteiger partial charge in [-0.2, -0.15) is 0 Å². The minimum atomic E-state index is -0.459. The molecule has 1 aliphatic rings. The van der Waals surface area contributed by atoms with Gasteiger partial charge in [0.05, 0.1) is 0 Å². The lowest BCUT2D eigenvalue weighted by Crippen LogP contribution is -2.50. The van der Waals surface area contributed by atoms with Crippen LogP contribution in [0.5, 0.6) is 0 Å². The van der Waals surface area contributed by atoms with E-state index >= 15 is 0 Å². The Balaban J connectivity index is 1.82. The second-order valence-electron chi connectivity index (χ2n) is 6.60. The predicted molar refractivity (Wildman–Crippen MR) is 92.2 cm³/mol. The largest absolute Gasteiger partial charge is 0.371 e. The van der Waals surface area contributed by atoms with Gasteiger partial charge in [-0.15, -0.1) is 0 Å². The minimum absolute atomic E-state index is 0.0725. The topological polar surface area (TPSA) is 61.4 Å². The van der Waals surface area contributed by atoms with Gasteiger partial charge in [0.2, 0.25) is 11.8 Å². The number of para-hydroxylation sites is 1. The van der Waals surface area contributed by atoms with Crippen LogP contribution in [-0.2, 0) is 9.59 Å². The lowest BCUT2D eigenvalue weighted by atomic mass is 10.0. The van der Waals surface area contributed by atoms with Crippen molar-refractivity contribution in [2.24, 2.45) is 11.8 Å². The summed E-state index contributed by atoms with van der Waals surface area (Å²) in [6, 6.07) is 9.89. The molecule has 5 nitrogen and oxygen atoms in total. The third-order valence-electron chi connectivity index (χ3n) is 4.28. The molecule has 0 bridgehead atoms. The highest BCUT2D eigenvalue weighted by molar-refractivity contribution is 5.87. The first kappa shape index (κ1) is 17.3. The molecule has 1 aromatic carbocycles. The van der Waals surface area contributed by atoms with Crippen molar-refractivity contribution in [1.29, 1.82) is 0 Å². The molecule has 0 aliphatic carbocycles. The summed E-state index contributed by atoms with van der Waals surface area (Å²) >= 11 is 0. The van der Waals surface area contributed by atoms with Crippen molar-refractivity contribution < 1.29 is 9.59 Å². The lowest BCUT2D eigenvalue weighted by Gasteiger charge is -2.22. The van der Waals surface area contributed by atoms with E-state index in [9.17, 15) is 9.59 Å². The van der Waals surface area contributed by atoms with Gasteiger partial charge < -0.3 is 15.5 Å². The molecule has 1 saturated heterocycles. The summed E-state index contributed by atoms with van der Waals surface area (Å²) in [5.41, 5.74) is 1.24. The quantitative estimate of drug-likeness (QED) is 0.841. The summed E-state index contributed by atoms with van der Waals surface area (Å²) in [6.07, 6.45) is 1.07. The van der Waals surface area contributed by atoms with Crippen LogP contribution >= 0.6 is 0 Å². The molecule has 2 amide bonds. The number of nitrogens with zero attached hydrogens (tertiary/aromatic N) is 1. The maximum Gasteiger partial charge on any atom is 0.242 e. The molecular weight excluding hydrogens is 290 g/mol. The Labute approximate surface area is 138 Å². The normalized spacial score (nSPS) is 18.8. The van der Waals surface area contributed by atoms with Crippen LogP contribution < -0.4 is 15.5 Å². The fourth-order valence-corrected chi connectivity index (χ4v) is 2.98. The summed E-state index contributed by atoms with van der Waals surface area (Å²) in [5, 5.41) is 5.73. The van der Waals surface area contributed by atoms with Crippen LogP contribution in [0.4, 0.5) is 5.69 Å². The molecule has 2 atom stereocenters. The first-order valence-corrected chi connectivity index (χ1v) is 8.32. The molecule has 0 spiro atoms. The maximum atomic E-state index is 12.3. The molecule has 1 aromatic rings. The van der Waals surface area contributed by atoms with Crippen molar-refractivity contribution in [3.63, 3.8) is 0 Å². The van der Waals surface area contributed by atoms with E-state index in [1.54, 1.807) is 0 Å². The third kappa shape index (κ3) is 4.98. The van der Waals surface area contributed by atoms with E-state index in [0.717, 1.165) is 19.5 Å². The summed E-state index contributed by atoms with van der Waals surface area (Å²) in [7, 11) is 0. The molecule has 0 unspecified atom stereocenters. The monoisotopic (exact) mass is 317 g/mol. The Morgan fingerprint density at radius 1 is 1.26 bits per heavy atom. The van der Waals surface area contributed by atoms with Crippen LogP contribution in [0.2, 0.25) is 0 Å². The Morgan fingerprint density at radius 3 is 2.57 bits per heavy atom. The van der Waals surface area contributed by atoms with Gasteiger partial charge in [-0.25, -0.2) is 0 Å². The fourth-order valence-electron chi connectivity index (χ4n) is 2.98. The maximum absolute atomic E-state index is 12.3. The molecule has 0 saturated carbocycles. The van der Waals surface area contributed by atoms with Gasteiger partial charge in [0.1, 0.15) is 6.04 Å². The second-order valence-corrected chi connectivity index (χ2v) is 6.60. The van der Waals surface area contributed by atoms with Gasteiger partial charge in [0.15, 0.2) is 0 Å². The number of amides is 2. The number of nitrogens with one attached hydrogen (secondary N) is 2. The number of carbonyl (C=O) groups excluding carboxylic acids is 2. The predicted octanol–water partition coefficient (Wildman–Crippen LogP) is 1.79. The van der Waals surface area contributed by atoms with E-state index in [1.165, 1.54) is 12.6 Å². The van der Waals surface area contributed by atoms with Gasteiger partial charge in [0, 0.05) is 32.2 Å². The van der Waals surface area contributed by atoms with E-state index in [-0.39, 0.29) is 17.7 Å². The van der Waals surface area contributed by atoms with Gasteiger partial charge >= 0.3 is 0 Å². The molecule has 1 aliphatic heterocycles. The zero-order chi connectivity index (χ0) is 16.8.